The van der Waals surface area contributed by atoms with Crippen molar-refractivity contribution in [1.29, 1.82) is 0 Å². The van der Waals surface area contributed by atoms with Gasteiger partial charge in [0.05, 0.1) is 11.9 Å². The Labute approximate surface area is 152 Å². The monoisotopic (exact) mass is 372 g/mol. The van der Waals surface area contributed by atoms with Gasteiger partial charge in [-0.15, -0.1) is 11.3 Å². The number of aliphatic carboxylic acids is 1. The molecule has 0 spiro atoms. The SMILES string of the molecule is C=Cc1ccc(CSc2nc3ccsc3c(=O)n2CCC(=O)O)cc1. The average molecular weight is 372 g/mol. The topological polar surface area (TPSA) is 72.2 Å². The zero-order valence-corrected chi connectivity index (χ0v) is 15.0. The Balaban J connectivity index is 1.89. The lowest BCUT2D eigenvalue weighted by Gasteiger charge is -2.11. The number of rotatable bonds is 7. The highest BCUT2D eigenvalue weighted by Gasteiger charge is 2.13. The summed E-state index contributed by atoms with van der Waals surface area (Å²) in [6.45, 7) is 3.85. The van der Waals surface area contributed by atoms with E-state index in [1.54, 1.807) is 6.08 Å². The summed E-state index contributed by atoms with van der Waals surface area (Å²) in [4.78, 5) is 28.1. The van der Waals surface area contributed by atoms with Gasteiger partial charge in [-0.05, 0) is 22.6 Å². The lowest BCUT2D eigenvalue weighted by molar-refractivity contribution is -0.137. The molecule has 0 atom stereocenters. The van der Waals surface area contributed by atoms with Gasteiger partial charge in [0.2, 0.25) is 0 Å². The summed E-state index contributed by atoms with van der Waals surface area (Å²) in [6, 6.07) is 9.79. The fraction of sp³-hybridized carbons (Fsp3) is 0.167. The number of carboxylic acids is 1. The van der Waals surface area contributed by atoms with Crippen LogP contribution in [0.3, 0.4) is 0 Å². The third-order valence-corrected chi connectivity index (χ3v) is 5.60. The molecule has 7 heteroatoms. The van der Waals surface area contributed by atoms with Crippen LogP contribution < -0.4 is 5.56 Å². The molecule has 25 heavy (non-hydrogen) atoms. The molecule has 0 unspecified atom stereocenters. The molecule has 0 amide bonds. The van der Waals surface area contributed by atoms with E-state index in [0.29, 0.717) is 21.1 Å². The molecule has 0 saturated heterocycles. The Bertz CT molecular complexity index is 974. The maximum Gasteiger partial charge on any atom is 0.305 e. The minimum absolute atomic E-state index is 0.111. The van der Waals surface area contributed by atoms with Gasteiger partial charge in [-0.2, -0.15) is 0 Å². The summed E-state index contributed by atoms with van der Waals surface area (Å²) >= 11 is 2.76. The molecule has 0 bridgehead atoms. The first-order valence-electron chi connectivity index (χ1n) is 7.62. The minimum atomic E-state index is -0.936. The third kappa shape index (κ3) is 4.00. The Morgan fingerprint density at radius 3 is 2.76 bits per heavy atom. The molecular formula is C18H16N2O3S2. The molecule has 128 valence electrons. The third-order valence-electron chi connectivity index (χ3n) is 3.66. The first-order valence-corrected chi connectivity index (χ1v) is 9.49. The highest BCUT2D eigenvalue weighted by atomic mass is 32.2. The second-order valence-electron chi connectivity index (χ2n) is 5.36. The van der Waals surface area contributed by atoms with Crippen molar-refractivity contribution in [3.8, 4) is 0 Å². The lowest BCUT2D eigenvalue weighted by Crippen LogP contribution is -2.23. The predicted octanol–water partition coefficient (Wildman–Crippen LogP) is 3.87. The first-order chi connectivity index (χ1) is 12.1. The standard InChI is InChI=1S/C18H16N2O3S2/c1-2-12-3-5-13(6-4-12)11-25-18-19-14-8-10-24-16(14)17(23)20(18)9-7-15(21)22/h2-6,8,10H,1,7,9,11H2,(H,21,22). The molecule has 3 rings (SSSR count). The first kappa shape index (κ1) is 17.4. The molecule has 0 aliphatic rings. The number of aromatic nitrogens is 2. The number of thiophene rings is 1. The second kappa shape index (κ2) is 7.67. The summed E-state index contributed by atoms with van der Waals surface area (Å²) in [5.41, 5.74) is 2.63. The van der Waals surface area contributed by atoms with Crippen molar-refractivity contribution in [3.05, 3.63) is 63.8 Å². The molecule has 2 heterocycles. The van der Waals surface area contributed by atoms with Gasteiger partial charge in [0, 0.05) is 12.3 Å². The van der Waals surface area contributed by atoms with Gasteiger partial charge < -0.3 is 5.11 Å². The maximum absolute atomic E-state index is 12.6. The van der Waals surface area contributed by atoms with Gasteiger partial charge in [0.1, 0.15) is 4.70 Å². The van der Waals surface area contributed by atoms with Crippen LogP contribution in [0.4, 0.5) is 0 Å². The van der Waals surface area contributed by atoms with Crippen molar-refractivity contribution in [3.63, 3.8) is 0 Å². The molecule has 5 nitrogen and oxygen atoms in total. The van der Waals surface area contributed by atoms with Gasteiger partial charge in [-0.1, -0.05) is 48.7 Å². The van der Waals surface area contributed by atoms with E-state index in [2.05, 4.69) is 11.6 Å². The molecular weight excluding hydrogens is 356 g/mol. The van der Waals surface area contributed by atoms with Crippen molar-refractivity contribution in [2.45, 2.75) is 23.9 Å². The van der Waals surface area contributed by atoms with Crippen molar-refractivity contribution in [2.75, 3.05) is 0 Å². The van der Waals surface area contributed by atoms with Crippen molar-refractivity contribution >= 4 is 45.4 Å². The summed E-state index contributed by atoms with van der Waals surface area (Å²) in [7, 11) is 0. The number of hydrogen-bond donors (Lipinski definition) is 1. The van der Waals surface area contributed by atoms with Crippen molar-refractivity contribution in [1.82, 2.24) is 9.55 Å². The highest BCUT2D eigenvalue weighted by molar-refractivity contribution is 7.98. The maximum atomic E-state index is 12.6. The van der Waals surface area contributed by atoms with Gasteiger partial charge in [-0.3, -0.25) is 14.2 Å². The minimum Gasteiger partial charge on any atom is -0.481 e. The smallest absolute Gasteiger partial charge is 0.305 e. The van der Waals surface area contributed by atoms with Gasteiger partial charge in [-0.25, -0.2) is 4.98 Å². The van der Waals surface area contributed by atoms with E-state index >= 15 is 0 Å². The molecule has 0 radical (unpaired) electrons. The quantitative estimate of drug-likeness (QED) is 0.503. The number of carboxylic acid groups (broad SMARTS) is 1. The second-order valence-corrected chi connectivity index (χ2v) is 7.22. The van der Waals surface area contributed by atoms with Crippen LogP contribution in [0.5, 0.6) is 0 Å². The van der Waals surface area contributed by atoms with Crippen molar-refractivity contribution < 1.29 is 9.90 Å². The van der Waals surface area contributed by atoms with Gasteiger partial charge >= 0.3 is 5.97 Å². The number of thioether (sulfide) groups is 1. The summed E-state index contributed by atoms with van der Waals surface area (Å²) in [5, 5.41) is 11.3. The van der Waals surface area contributed by atoms with Crippen LogP contribution in [0, 0.1) is 0 Å². The molecule has 2 aromatic heterocycles. The van der Waals surface area contributed by atoms with Gasteiger partial charge in [0.25, 0.3) is 5.56 Å². The molecule has 0 aliphatic heterocycles. The number of carbonyl (C=O) groups is 1. The predicted molar refractivity (Wildman–Crippen MR) is 102 cm³/mol. The zero-order chi connectivity index (χ0) is 17.8. The molecule has 0 aliphatic carbocycles. The van der Waals surface area contributed by atoms with Gasteiger partial charge in [0.15, 0.2) is 5.16 Å². The summed E-state index contributed by atoms with van der Waals surface area (Å²) in [6.07, 6.45) is 1.67. The van der Waals surface area contributed by atoms with Crippen LogP contribution in [-0.4, -0.2) is 20.6 Å². The zero-order valence-electron chi connectivity index (χ0n) is 13.3. The largest absolute Gasteiger partial charge is 0.481 e. The van der Waals surface area contributed by atoms with E-state index in [1.807, 2.05) is 35.7 Å². The van der Waals surface area contributed by atoms with E-state index in [1.165, 1.54) is 27.7 Å². The van der Waals surface area contributed by atoms with Crippen LogP contribution >= 0.6 is 23.1 Å². The van der Waals surface area contributed by atoms with Crippen LogP contribution in [0.15, 0.2) is 52.2 Å². The Kier molecular flexibility index (Phi) is 5.35. The van der Waals surface area contributed by atoms with Crippen LogP contribution in [0.2, 0.25) is 0 Å². The molecule has 1 aromatic carbocycles. The number of hydrogen-bond acceptors (Lipinski definition) is 5. The van der Waals surface area contributed by atoms with E-state index < -0.39 is 5.97 Å². The van der Waals surface area contributed by atoms with E-state index in [4.69, 9.17) is 5.11 Å². The number of fused-ring (bicyclic) bond motifs is 1. The molecule has 1 N–H and O–H groups in total. The fourth-order valence-corrected chi connectivity index (χ4v) is 4.10. The molecule has 0 fully saturated rings. The van der Waals surface area contributed by atoms with Crippen LogP contribution in [-0.2, 0) is 17.1 Å². The number of nitrogens with zero attached hydrogens (tertiary/aromatic N) is 2. The number of benzene rings is 1. The van der Waals surface area contributed by atoms with E-state index in [0.717, 1.165) is 11.1 Å². The average Bonchev–Trinajstić information content (AvgIpc) is 3.08. The van der Waals surface area contributed by atoms with E-state index in [-0.39, 0.29) is 18.5 Å². The fourth-order valence-electron chi connectivity index (χ4n) is 2.34. The Hall–Kier alpha value is -2.38. The van der Waals surface area contributed by atoms with E-state index in [9.17, 15) is 9.59 Å². The van der Waals surface area contributed by atoms with Crippen LogP contribution in [0.25, 0.3) is 16.3 Å². The highest BCUT2D eigenvalue weighted by Crippen LogP contribution is 2.24. The van der Waals surface area contributed by atoms with Crippen LogP contribution in [0.1, 0.15) is 17.5 Å². The summed E-state index contributed by atoms with van der Waals surface area (Å²) in [5.74, 6) is -0.291. The lowest BCUT2D eigenvalue weighted by atomic mass is 10.1. The van der Waals surface area contributed by atoms with Crippen molar-refractivity contribution in [2.24, 2.45) is 0 Å². The molecule has 0 saturated carbocycles. The Morgan fingerprint density at radius 1 is 1.32 bits per heavy atom. The summed E-state index contributed by atoms with van der Waals surface area (Å²) < 4.78 is 2.03. The normalized spacial score (nSPS) is 10.9. The Morgan fingerprint density at radius 2 is 2.08 bits per heavy atom. The molecule has 3 aromatic rings.